The summed E-state index contributed by atoms with van der Waals surface area (Å²) >= 11 is 0. The van der Waals surface area contributed by atoms with Gasteiger partial charge in [0.1, 0.15) is 5.76 Å². The molecule has 0 bridgehead atoms. The van der Waals surface area contributed by atoms with Gasteiger partial charge < -0.3 is 14.6 Å². The van der Waals surface area contributed by atoms with Crippen LogP contribution in [0.15, 0.2) is 22.8 Å². The molecule has 2 fully saturated rings. The van der Waals surface area contributed by atoms with Crippen molar-refractivity contribution < 1.29 is 14.0 Å². The van der Waals surface area contributed by atoms with Gasteiger partial charge >= 0.3 is 0 Å². The molecule has 0 unspecified atom stereocenters. The highest BCUT2D eigenvalue weighted by Crippen LogP contribution is 2.31. The number of nitrogens with zero attached hydrogens (tertiary/aromatic N) is 2. The Labute approximate surface area is 143 Å². The molecule has 2 aliphatic rings. The average molecular weight is 333 g/mol. The van der Waals surface area contributed by atoms with Crippen LogP contribution in [0.1, 0.15) is 45.3 Å². The highest BCUT2D eigenvalue weighted by molar-refractivity contribution is 5.81. The van der Waals surface area contributed by atoms with E-state index < -0.39 is 0 Å². The molecule has 132 valence electrons. The first kappa shape index (κ1) is 17.0. The van der Waals surface area contributed by atoms with Crippen LogP contribution in [-0.4, -0.2) is 52.8 Å². The molecule has 0 aromatic carbocycles. The van der Waals surface area contributed by atoms with Gasteiger partial charge in [-0.25, -0.2) is 0 Å². The lowest BCUT2D eigenvalue weighted by Gasteiger charge is -2.37. The summed E-state index contributed by atoms with van der Waals surface area (Å²) in [5.74, 6) is 0.928. The number of hydrogen-bond acceptors (Lipinski definition) is 4. The van der Waals surface area contributed by atoms with E-state index in [-0.39, 0.29) is 23.9 Å². The zero-order valence-corrected chi connectivity index (χ0v) is 14.5. The number of carbonyl (C=O) groups excluding carboxylic acids is 2. The van der Waals surface area contributed by atoms with E-state index in [1.54, 1.807) is 13.2 Å². The predicted molar refractivity (Wildman–Crippen MR) is 90.2 cm³/mol. The van der Waals surface area contributed by atoms with Gasteiger partial charge in [-0.15, -0.1) is 0 Å². The lowest BCUT2D eigenvalue weighted by molar-refractivity contribution is -0.131. The van der Waals surface area contributed by atoms with Gasteiger partial charge in [0.15, 0.2) is 0 Å². The molecule has 1 aromatic heterocycles. The molecule has 3 rings (SSSR count). The fourth-order valence-electron chi connectivity index (χ4n) is 4.18. The maximum absolute atomic E-state index is 12.5. The van der Waals surface area contributed by atoms with Gasteiger partial charge in [-0.1, -0.05) is 0 Å². The van der Waals surface area contributed by atoms with E-state index in [2.05, 4.69) is 10.2 Å². The molecule has 0 saturated carbocycles. The first-order valence-corrected chi connectivity index (χ1v) is 8.91. The molecule has 2 saturated heterocycles. The number of amides is 2. The molecule has 1 N–H and O–H groups in total. The Morgan fingerprint density at radius 1 is 1.29 bits per heavy atom. The number of carbonyl (C=O) groups is 2. The summed E-state index contributed by atoms with van der Waals surface area (Å²) in [4.78, 5) is 28.7. The van der Waals surface area contributed by atoms with Crippen LogP contribution >= 0.6 is 0 Å². The number of hydrogen-bond donors (Lipinski definition) is 1. The van der Waals surface area contributed by atoms with E-state index in [1.165, 1.54) is 0 Å². The van der Waals surface area contributed by atoms with Crippen molar-refractivity contribution in [1.29, 1.82) is 0 Å². The maximum atomic E-state index is 12.5. The Morgan fingerprint density at radius 2 is 2.04 bits per heavy atom. The molecular weight excluding hydrogens is 306 g/mol. The van der Waals surface area contributed by atoms with Crippen molar-refractivity contribution in [2.45, 2.75) is 64.2 Å². The average Bonchev–Trinajstić information content (AvgIpc) is 3.31. The van der Waals surface area contributed by atoms with Gasteiger partial charge in [0, 0.05) is 25.6 Å². The maximum Gasteiger partial charge on any atom is 0.237 e. The Kier molecular flexibility index (Phi) is 5.23. The Balaban J connectivity index is 1.61. The first-order chi connectivity index (χ1) is 11.6. The molecule has 3 heterocycles. The minimum absolute atomic E-state index is 0.0191. The lowest BCUT2D eigenvalue weighted by Crippen LogP contribution is -2.53. The molecule has 0 aliphatic carbocycles. The number of nitrogens with one attached hydrogen (secondary N) is 1. The zero-order chi connectivity index (χ0) is 17.1. The quantitative estimate of drug-likeness (QED) is 0.892. The van der Waals surface area contributed by atoms with E-state index in [1.807, 2.05) is 24.0 Å². The van der Waals surface area contributed by atoms with Gasteiger partial charge in [-0.3, -0.25) is 14.5 Å². The third-order valence-corrected chi connectivity index (χ3v) is 5.38. The Bertz CT molecular complexity index is 572. The standard InChI is InChI=1S/C18H27N3O3/c1-13(18(23)19-12-15-6-5-11-24-15)20-9-3-7-16(20)17-8-4-10-21(17)14(2)22/h5-6,11,13,16-17H,3-4,7-10,12H2,1-2H3,(H,19,23)/t13-,16+,17+/m0/s1. The van der Waals surface area contributed by atoms with Crippen LogP contribution in [0.5, 0.6) is 0 Å². The first-order valence-electron chi connectivity index (χ1n) is 8.91. The van der Waals surface area contributed by atoms with E-state index in [0.717, 1.165) is 44.5 Å². The molecule has 2 amide bonds. The van der Waals surface area contributed by atoms with Crippen molar-refractivity contribution in [2.24, 2.45) is 0 Å². The summed E-state index contributed by atoms with van der Waals surface area (Å²) in [6.45, 7) is 5.79. The Morgan fingerprint density at radius 3 is 2.75 bits per heavy atom. The molecule has 6 heteroatoms. The highest BCUT2D eigenvalue weighted by Gasteiger charge is 2.41. The summed E-state index contributed by atoms with van der Waals surface area (Å²) in [6, 6.07) is 4.03. The fourth-order valence-corrected chi connectivity index (χ4v) is 4.18. The zero-order valence-electron chi connectivity index (χ0n) is 14.5. The monoisotopic (exact) mass is 333 g/mol. The molecular formula is C18H27N3O3. The van der Waals surface area contributed by atoms with Crippen LogP contribution in [0.4, 0.5) is 0 Å². The van der Waals surface area contributed by atoms with Crippen molar-refractivity contribution in [3.05, 3.63) is 24.2 Å². The van der Waals surface area contributed by atoms with Crippen molar-refractivity contribution in [2.75, 3.05) is 13.1 Å². The molecule has 3 atom stereocenters. The molecule has 0 spiro atoms. The minimum Gasteiger partial charge on any atom is -0.467 e. The fraction of sp³-hybridized carbons (Fsp3) is 0.667. The van der Waals surface area contributed by atoms with Crippen molar-refractivity contribution in [1.82, 2.24) is 15.1 Å². The van der Waals surface area contributed by atoms with Crippen LogP contribution in [0.2, 0.25) is 0 Å². The number of furan rings is 1. The summed E-state index contributed by atoms with van der Waals surface area (Å²) in [5, 5.41) is 2.95. The van der Waals surface area contributed by atoms with E-state index in [0.29, 0.717) is 12.6 Å². The normalized spacial score (nSPS) is 25.8. The van der Waals surface area contributed by atoms with Crippen LogP contribution < -0.4 is 5.32 Å². The topological polar surface area (TPSA) is 65.8 Å². The van der Waals surface area contributed by atoms with Crippen LogP contribution in [0.3, 0.4) is 0 Å². The molecule has 6 nitrogen and oxygen atoms in total. The second kappa shape index (κ2) is 7.38. The van der Waals surface area contributed by atoms with E-state index >= 15 is 0 Å². The smallest absolute Gasteiger partial charge is 0.237 e. The Hall–Kier alpha value is -1.82. The number of rotatable bonds is 5. The van der Waals surface area contributed by atoms with Gasteiger partial charge in [0.05, 0.1) is 18.8 Å². The SMILES string of the molecule is CC(=O)N1CCC[C@@H]1[C@H]1CCCN1[C@@H](C)C(=O)NCc1ccco1. The van der Waals surface area contributed by atoms with Gasteiger partial charge in [-0.2, -0.15) is 0 Å². The third kappa shape index (κ3) is 3.48. The summed E-state index contributed by atoms with van der Waals surface area (Å²) < 4.78 is 5.26. The number of likely N-dealkylation sites (tertiary alicyclic amines) is 2. The highest BCUT2D eigenvalue weighted by atomic mass is 16.3. The van der Waals surface area contributed by atoms with Crippen LogP contribution in [0.25, 0.3) is 0 Å². The van der Waals surface area contributed by atoms with Crippen LogP contribution in [-0.2, 0) is 16.1 Å². The summed E-state index contributed by atoms with van der Waals surface area (Å²) in [7, 11) is 0. The molecule has 24 heavy (non-hydrogen) atoms. The molecule has 1 aromatic rings. The lowest BCUT2D eigenvalue weighted by atomic mass is 10.0. The van der Waals surface area contributed by atoms with Gasteiger partial charge in [0.2, 0.25) is 11.8 Å². The predicted octanol–water partition coefficient (Wildman–Crippen LogP) is 1.76. The van der Waals surface area contributed by atoms with Gasteiger partial charge in [-0.05, 0) is 51.3 Å². The second-order valence-corrected chi connectivity index (χ2v) is 6.84. The van der Waals surface area contributed by atoms with E-state index in [4.69, 9.17) is 4.42 Å². The summed E-state index contributed by atoms with van der Waals surface area (Å²) in [5.41, 5.74) is 0. The van der Waals surface area contributed by atoms with Crippen LogP contribution in [0, 0.1) is 0 Å². The molecule has 2 aliphatic heterocycles. The summed E-state index contributed by atoms with van der Waals surface area (Å²) in [6.07, 6.45) is 5.86. The second-order valence-electron chi connectivity index (χ2n) is 6.84. The third-order valence-electron chi connectivity index (χ3n) is 5.38. The van der Waals surface area contributed by atoms with E-state index in [9.17, 15) is 9.59 Å². The van der Waals surface area contributed by atoms with Gasteiger partial charge in [0.25, 0.3) is 0 Å². The molecule has 0 radical (unpaired) electrons. The van der Waals surface area contributed by atoms with Crippen molar-refractivity contribution >= 4 is 11.8 Å². The van der Waals surface area contributed by atoms with Crippen molar-refractivity contribution in [3.63, 3.8) is 0 Å². The minimum atomic E-state index is -0.193. The van der Waals surface area contributed by atoms with Crippen molar-refractivity contribution in [3.8, 4) is 0 Å². The largest absolute Gasteiger partial charge is 0.467 e.